The van der Waals surface area contributed by atoms with Gasteiger partial charge in [0.05, 0.1) is 0 Å². The molecule has 0 saturated heterocycles. The maximum absolute atomic E-state index is 9.71. The summed E-state index contributed by atoms with van der Waals surface area (Å²) in [5.41, 5.74) is 0. The van der Waals surface area contributed by atoms with Gasteiger partial charge >= 0.3 is 6.41 Å². The molecule has 2 heteroatoms. The molecule has 0 atom stereocenters. The van der Waals surface area contributed by atoms with Crippen LogP contribution in [-0.4, -0.2) is 17.9 Å². The fraction of sp³-hybridized carbons (Fsp3) is 0.200. The Labute approximate surface area is 42.4 Å². The van der Waals surface area contributed by atoms with Gasteiger partial charge in [-0.05, 0) is 0 Å². The first-order chi connectivity index (χ1) is 3.43. The minimum Gasteiger partial charge on any atom is -0.316 e. The first kappa shape index (κ1) is 4.37. The van der Waals surface area contributed by atoms with E-state index in [1.54, 1.807) is 12.5 Å². The summed E-state index contributed by atoms with van der Waals surface area (Å²) in [5.74, 6) is 0. The molecular weight excluding hydrogens is 90.1 g/mol. The molecule has 1 amide bonds. The summed E-state index contributed by atoms with van der Waals surface area (Å²) in [7, 11) is 0. The number of nitrogens with zero attached hydrogens (tertiary/aromatic N) is 1. The van der Waals surface area contributed by atoms with E-state index in [4.69, 9.17) is 0 Å². The number of hydrogen-bond acceptors (Lipinski definition) is 1. The fourth-order valence-electron chi connectivity index (χ4n) is 0.417. The summed E-state index contributed by atoms with van der Waals surface area (Å²) in [6, 6.07) is 0. The molecule has 3 radical (unpaired) electrons. The molecule has 0 spiro atoms. The summed E-state index contributed by atoms with van der Waals surface area (Å²) in [6.45, 7) is 3.26. The monoisotopic (exact) mass is 94.0 g/mol. The van der Waals surface area contributed by atoms with Gasteiger partial charge in [0.25, 0.3) is 0 Å². The van der Waals surface area contributed by atoms with E-state index < -0.39 is 0 Å². The standard InChI is InChI=1S/C5H4NO/c7-5-6-3-1-2-4-6/h1-2H,3H2. The van der Waals surface area contributed by atoms with Gasteiger partial charge < -0.3 is 4.90 Å². The highest BCUT2D eigenvalue weighted by Crippen LogP contribution is 1.97. The van der Waals surface area contributed by atoms with E-state index in [1.807, 2.05) is 6.08 Å². The molecule has 0 aromatic heterocycles. The predicted octanol–water partition coefficient (Wildman–Crippen LogP) is -0.0358. The van der Waals surface area contributed by atoms with Crippen molar-refractivity contribution in [3.8, 4) is 0 Å². The van der Waals surface area contributed by atoms with Gasteiger partial charge in [0.2, 0.25) is 0 Å². The zero-order valence-electron chi connectivity index (χ0n) is 3.72. The Morgan fingerprint density at radius 2 is 2.71 bits per heavy atom. The van der Waals surface area contributed by atoms with Crippen LogP contribution in [0, 0.1) is 6.54 Å². The average Bonchev–Trinajstić information content (AvgIpc) is 2.14. The van der Waals surface area contributed by atoms with Crippen molar-refractivity contribution in [1.82, 2.24) is 4.90 Å². The topological polar surface area (TPSA) is 20.3 Å². The molecular formula is C5H4NO. The molecule has 0 bridgehead atoms. The molecule has 0 N–H and O–H groups in total. The van der Waals surface area contributed by atoms with E-state index >= 15 is 0 Å². The lowest BCUT2D eigenvalue weighted by Gasteiger charge is -1.99. The Bertz CT molecular complexity index is 90.3. The number of carbonyl (C=O) groups excluding carboxylic acids is 1. The Kier molecular flexibility index (Phi) is 1.11. The molecule has 2 nitrogen and oxygen atoms in total. The van der Waals surface area contributed by atoms with E-state index in [2.05, 4.69) is 6.54 Å². The third-order valence-corrected chi connectivity index (χ3v) is 0.746. The van der Waals surface area contributed by atoms with Crippen molar-refractivity contribution in [2.45, 2.75) is 0 Å². The van der Waals surface area contributed by atoms with E-state index in [0.29, 0.717) is 6.54 Å². The van der Waals surface area contributed by atoms with E-state index in [-0.39, 0.29) is 0 Å². The minimum atomic E-state index is 0.628. The second-order valence-electron chi connectivity index (χ2n) is 1.23. The van der Waals surface area contributed by atoms with Crippen molar-refractivity contribution in [3.05, 3.63) is 18.7 Å². The zero-order chi connectivity index (χ0) is 5.11. The van der Waals surface area contributed by atoms with Gasteiger partial charge in [-0.15, -0.1) is 0 Å². The third kappa shape index (κ3) is 0.796. The van der Waals surface area contributed by atoms with Crippen molar-refractivity contribution in [3.63, 3.8) is 0 Å². The van der Waals surface area contributed by atoms with Crippen molar-refractivity contribution in [2.75, 3.05) is 6.54 Å². The zero-order valence-corrected chi connectivity index (χ0v) is 3.72. The quantitative estimate of drug-likeness (QED) is 0.446. The second kappa shape index (κ2) is 1.78. The number of hydrogen-bond donors (Lipinski definition) is 0. The highest BCUT2D eigenvalue weighted by Gasteiger charge is 2.02. The lowest BCUT2D eigenvalue weighted by Crippen LogP contribution is -2.12. The largest absolute Gasteiger partial charge is 0.316 e. The lowest BCUT2D eigenvalue weighted by molar-refractivity contribution is 0.477. The van der Waals surface area contributed by atoms with Gasteiger partial charge in [0.1, 0.15) is 6.54 Å². The molecule has 0 saturated carbocycles. The maximum atomic E-state index is 9.71. The molecule has 35 valence electrons. The van der Waals surface area contributed by atoms with Crippen molar-refractivity contribution in [1.29, 1.82) is 0 Å². The van der Waals surface area contributed by atoms with Crippen LogP contribution in [0.3, 0.4) is 0 Å². The SMILES string of the molecule is O=[C]N1[C]C=CC1. The Morgan fingerprint density at radius 3 is 3.00 bits per heavy atom. The Balaban J connectivity index is 2.35. The molecule has 1 heterocycles. The predicted molar refractivity (Wildman–Crippen MR) is 24.8 cm³/mol. The first-order valence-corrected chi connectivity index (χ1v) is 2.00. The molecule has 1 aliphatic rings. The van der Waals surface area contributed by atoms with Crippen LogP contribution >= 0.6 is 0 Å². The molecule has 7 heavy (non-hydrogen) atoms. The molecule has 1 rings (SSSR count). The van der Waals surface area contributed by atoms with Crippen LogP contribution in [0.4, 0.5) is 0 Å². The molecule has 0 fully saturated rings. The van der Waals surface area contributed by atoms with Gasteiger partial charge in [-0.1, -0.05) is 12.2 Å². The highest BCUT2D eigenvalue weighted by molar-refractivity contribution is 5.51. The summed E-state index contributed by atoms with van der Waals surface area (Å²) >= 11 is 0. The fourth-order valence-corrected chi connectivity index (χ4v) is 0.417. The van der Waals surface area contributed by atoms with Crippen molar-refractivity contribution in [2.24, 2.45) is 0 Å². The Morgan fingerprint density at radius 1 is 1.86 bits per heavy atom. The lowest BCUT2D eigenvalue weighted by atomic mass is 10.6. The number of rotatable bonds is 1. The highest BCUT2D eigenvalue weighted by atomic mass is 16.1. The van der Waals surface area contributed by atoms with Gasteiger partial charge in [-0.3, -0.25) is 4.79 Å². The van der Waals surface area contributed by atoms with Gasteiger partial charge in [0.15, 0.2) is 0 Å². The maximum Gasteiger partial charge on any atom is 0.313 e. The third-order valence-electron chi connectivity index (χ3n) is 0.746. The van der Waals surface area contributed by atoms with Crippen LogP contribution in [0.1, 0.15) is 0 Å². The summed E-state index contributed by atoms with van der Waals surface area (Å²) in [5, 5.41) is 0. The van der Waals surface area contributed by atoms with Crippen LogP contribution in [0.2, 0.25) is 0 Å². The first-order valence-electron chi connectivity index (χ1n) is 2.00. The Hall–Kier alpha value is -0.790. The van der Waals surface area contributed by atoms with E-state index in [0.717, 1.165) is 0 Å². The van der Waals surface area contributed by atoms with Crippen molar-refractivity contribution >= 4 is 6.41 Å². The summed E-state index contributed by atoms with van der Waals surface area (Å²) in [4.78, 5) is 11.0. The van der Waals surface area contributed by atoms with E-state index in [9.17, 15) is 4.79 Å². The molecule has 0 aromatic carbocycles. The van der Waals surface area contributed by atoms with Crippen molar-refractivity contribution < 1.29 is 4.79 Å². The van der Waals surface area contributed by atoms with Crippen LogP contribution < -0.4 is 0 Å². The smallest absolute Gasteiger partial charge is 0.313 e. The summed E-state index contributed by atoms with van der Waals surface area (Å²) in [6.07, 6.45) is 5.21. The molecule has 1 aliphatic heterocycles. The van der Waals surface area contributed by atoms with Crippen LogP contribution in [-0.2, 0) is 4.79 Å². The normalized spacial score (nSPS) is 18.0. The van der Waals surface area contributed by atoms with E-state index in [1.165, 1.54) is 4.90 Å². The van der Waals surface area contributed by atoms with Crippen LogP contribution in [0.25, 0.3) is 0 Å². The van der Waals surface area contributed by atoms with Gasteiger partial charge in [0, 0.05) is 6.54 Å². The number of amides is 1. The molecule has 0 unspecified atom stereocenters. The summed E-state index contributed by atoms with van der Waals surface area (Å²) < 4.78 is 0. The molecule has 0 aromatic rings. The minimum absolute atomic E-state index is 0.628. The second-order valence-corrected chi connectivity index (χ2v) is 1.23. The van der Waals surface area contributed by atoms with Crippen LogP contribution in [0.5, 0.6) is 0 Å². The van der Waals surface area contributed by atoms with Gasteiger partial charge in [-0.25, -0.2) is 0 Å². The van der Waals surface area contributed by atoms with Gasteiger partial charge in [-0.2, -0.15) is 0 Å². The average molecular weight is 94.1 g/mol. The van der Waals surface area contributed by atoms with Crippen LogP contribution in [0.15, 0.2) is 12.2 Å². The molecule has 0 aliphatic carbocycles.